The lowest BCUT2D eigenvalue weighted by Crippen LogP contribution is -2.25. The molecule has 0 bridgehead atoms. The summed E-state index contributed by atoms with van der Waals surface area (Å²) in [6.07, 6.45) is 9.53. The van der Waals surface area contributed by atoms with Crippen LogP contribution in [0.1, 0.15) is 57.2 Å². The Hall–Kier alpha value is -3.26. The van der Waals surface area contributed by atoms with Crippen LogP contribution in [0.3, 0.4) is 0 Å². The number of nitrogens with one attached hydrogen (secondary N) is 1. The third-order valence-corrected chi connectivity index (χ3v) is 6.45. The zero-order valence-electron chi connectivity index (χ0n) is 19.7. The molecule has 0 aliphatic rings. The smallest absolute Gasteiger partial charge is 0.290 e. The fourth-order valence-corrected chi connectivity index (χ4v) is 4.49. The molecule has 0 amide bonds. The number of unbranched alkanes of at least 4 members (excludes halogenated alkanes) is 3. The van der Waals surface area contributed by atoms with Crippen LogP contribution in [-0.4, -0.2) is 34.7 Å². The largest absolute Gasteiger partial charge is 0.329 e. The van der Waals surface area contributed by atoms with E-state index in [9.17, 15) is 4.79 Å². The lowest BCUT2D eigenvalue weighted by molar-refractivity contribution is 0.591. The molecular weight excluding hydrogens is 450 g/mol. The Labute approximate surface area is 204 Å². The second kappa shape index (κ2) is 11.2. The molecule has 4 aromatic rings. The second-order valence-electron chi connectivity index (χ2n) is 8.42. The fraction of sp³-hybridized carbons (Fsp3) is 0.400. The number of hydrogen-bond acceptors (Lipinski definition) is 5. The number of halogens is 1. The minimum atomic E-state index is -0.0272. The number of pyridine rings is 1. The van der Waals surface area contributed by atoms with Gasteiger partial charge in [0.15, 0.2) is 0 Å². The molecule has 4 rings (SSSR count). The quantitative estimate of drug-likeness (QED) is 0.301. The van der Waals surface area contributed by atoms with Gasteiger partial charge in [0.1, 0.15) is 5.15 Å². The number of aromatic nitrogens is 7. The van der Waals surface area contributed by atoms with Gasteiger partial charge in [0.05, 0.1) is 12.2 Å². The minimum Gasteiger partial charge on any atom is -0.290 e. The molecule has 0 unspecified atom stereocenters. The van der Waals surface area contributed by atoms with Gasteiger partial charge in [0.2, 0.25) is 5.82 Å². The summed E-state index contributed by atoms with van der Waals surface area (Å²) in [4.78, 5) is 17.5. The summed E-state index contributed by atoms with van der Waals surface area (Å²) in [5, 5.41) is 14.9. The molecule has 0 radical (unpaired) electrons. The summed E-state index contributed by atoms with van der Waals surface area (Å²) in [6, 6.07) is 10.0. The van der Waals surface area contributed by atoms with Crippen molar-refractivity contribution in [3.63, 3.8) is 0 Å². The molecule has 0 saturated heterocycles. The second-order valence-corrected chi connectivity index (χ2v) is 8.78. The van der Waals surface area contributed by atoms with Crippen LogP contribution in [0.15, 0.2) is 47.5 Å². The van der Waals surface area contributed by atoms with Crippen molar-refractivity contribution in [1.29, 1.82) is 0 Å². The normalized spacial score (nSPS) is 11.3. The third-order valence-electron chi connectivity index (χ3n) is 6.03. The molecule has 0 atom stereocenters. The van der Waals surface area contributed by atoms with E-state index in [1.165, 1.54) is 0 Å². The van der Waals surface area contributed by atoms with E-state index in [1.807, 2.05) is 34.9 Å². The number of H-pyrrole nitrogens is 1. The molecule has 0 saturated carbocycles. The SMILES string of the molecule is CCCCCc1c(Cl)n(CCCC)c(=O)n1Cc1ccc(-c2cnccc2-c2nn[nH]n2)cc1. The van der Waals surface area contributed by atoms with Crippen molar-refractivity contribution >= 4 is 11.6 Å². The monoisotopic (exact) mass is 479 g/mol. The highest BCUT2D eigenvalue weighted by Crippen LogP contribution is 2.29. The van der Waals surface area contributed by atoms with Gasteiger partial charge in [-0.3, -0.25) is 14.1 Å². The Morgan fingerprint density at radius 2 is 1.76 bits per heavy atom. The molecular formula is C25H30ClN7O. The van der Waals surface area contributed by atoms with E-state index < -0.39 is 0 Å². The van der Waals surface area contributed by atoms with Crippen molar-refractivity contribution < 1.29 is 0 Å². The Bertz CT molecular complexity index is 1260. The van der Waals surface area contributed by atoms with Crippen LogP contribution in [0, 0.1) is 0 Å². The third kappa shape index (κ3) is 5.12. The average Bonchev–Trinajstić information content (AvgIpc) is 3.47. The van der Waals surface area contributed by atoms with Gasteiger partial charge in [-0.05, 0) is 41.7 Å². The predicted molar refractivity (Wildman–Crippen MR) is 134 cm³/mol. The molecule has 0 fully saturated rings. The number of aromatic amines is 1. The number of hydrogen-bond donors (Lipinski definition) is 1. The highest BCUT2D eigenvalue weighted by molar-refractivity contribution is 6.30. The molecule has 178 valence electrons. The van der Waals surface area contributed by atoms with Gasteiger partial charge >= 0.3 is 5.69 Å². The zero-order chi connectivity index (χ0) is 23.9. The molecule has 1 N–H and O–H groups in total. The summed E-state index contributed by atoms with van der Waals surface area (Å²) < 4.78 is 3.57. The van der Waals surface area contributed by atoms with E-state index >= 15 is 0 Å². The summed E-state index contributed by atoms with van der Waals surface area (Å²) in [7, 11) is 0. The molecule has 0 aliphatic heterocycles. The molecule has 3 aromatic heterocycles. The molecule has 0 spiro atoms. The van der Waals surface area contributed by atoms with Crippen LogP contribution in [-0.2, 0) is 19.5 Å². The average molecular weight is 480 g/mol. The topological polar surface area (TPSA) is 94.3 Å². The first-order valence-corrected chi connectivity index (χ1v) is 12.3. The van der Waals surface area contributed by atoms with Gasteiger partial charge in [-0.15, -0.1) is 10.2 Å². The van der Waals surface area contributed by atoms with Crippen LogP contribution in [0.5, 0.6) is 0 Å². The first-order valence-electron chi connectivity index (χ1n) is 11.9. The lowest BCUT2D eigenvalue weighted by atomic mass is 10.0. The Morgan fingerprint density at radius 1 is 0.971 bits per heavy atom. The fourth-order valence-electron chi connectivity index (χ4n) is 4.13. The van der Waals surface area contributed by atoms with Crippen LogP contribution in [0.2, 0.25) is 5.15 Å². The van der Waals surface area contributed by atoms with E-state index in [0.717, 1.165) is 66.5 Å². The van der Waals surface area contributed by atoms with E-state index in [1.54, 1.807) is 17.0 Å². The summed E-state index contributed by atoms with van der Waals surface area (Å²) in [6.45, 7) is 5.44. The molecule has 0 aliphatic carbocycles. The maximum Gasteiger partial charge on any atom is 0.329 e. The number of benzene rings is 1. The molecule has 9 heteroatoms. The van der Waals surface area contributed by atoms with E-state index in [0.29, 0.717) is 24.1 Å². The van der Waals surface area contributed by atoms with Gasteiger partial charge in [-0.25, -0.2) is 4.79 Å². The van der Waals surface area contributed by atoms with Crippen molar-refractivity contribution in [2.75, 3.05) is 0 Å². The highest BCUT2D eigenvalue weighted by Gasteiger charge is 2.18. The van der Waals surface area contributed by atoms with Crippen molar-refractivity contribution in [1.82, 2.24) is 34.7 Å². The van der Waals surface area contributed by atoms with Crippen molar-refractivity contribution in [3.8, 4) is 22.5 Å². The van der Waals surface area contributed by atoms with E-state index in [2.05, 4.69) is 39.5 Å². The standard InChI is InChI=1S/C25H30ClN7O/c1-3-5-7-8-22-23(26)32(15-6-4-2)25(34)33(22)17-18-9-11-19(12-10-18)21-16-27-14-13-20(21)24-28-30-31-29-24/h9-14,16H,3-8,15,17H2,1-2H3,(H,28,29,30,31). The Kier molecular flexibility index (Phi) is 7.90. The summed E-state index contributed by atoms with van der Waals surface area (Å²) in [5.74, 6) is 0.521. The number of nitrogens with zero attached hydrogens (tertiary/aromatic N) is 6. The molecule has 8 nitrogen and oxygen atoms in total. The van der Waals surface area contributed by atoms with E-state index in [-0.39, 0.29) is 5.69 Å². The number of rotatable bonds is 11. The van der Waals surface area contributed by atoms with Gasteiger partial charge in [-0.1, -0.05) is 69.0 Å². The van der Waals surface area contributed by atoms with Crippen LogP contribution in [0.4, 0.5) is 0 Å². The van der Waals surface area contributed by atoms with Crippen LogP contribution in [0.25, 0.3) is 22.5 Å². The first-order chi connectivity index (χ1) is 16.6. The Balaban J connectivity index is 1.62. The van der Waals surface area contributed by atoms with Gasteiger partial charge in [0, 0.05) is 30.1 Å². The molecule has 34 heavy (non-hydrogen) atoms. The van der Waals surface area contributed by atoms with Crippen LogP contribution >= 0.6 is 11.6 Å². The summed E-state index contributed by atoms with van der Waals surface area (Å²) in [5.41, 5.74) is 4.71. The van der Waals surface area contributed by atoms with Gasteiger partial charge < -0.3 is 0 Å². The van der Waals surface area contributed by atoms with Gasteiger partial charge in [0.25, 0.3) is 0 Å². The van der Waals surface area contributed by atoms with Gasteiger partial charge in [-0.2, -0.15) is 5.21 Å². The maximum atomic E-state index is 13.2. The Morgan fingerprint density at radius 3 is 2.47 bits per heavy atom. The first kappa shape index (κ1) is 23.9. The van der Waals surface area contributed by atoms with Crippen molar-refractivity contribution in [3.05, 3.63) is 69.6 Å². The minimum absolute atomic E-state index is 0.0272. The maximum absolute atomic E-state index is 13.2. The highest BCUT2D eigenvalue weighted by atomic mass is 35.5. The molecule has 1 aromatic carbocycles. The van der Waals surface area contributed by atoms with E-state index in [4.69, 9.17) is 11.6 Å². The van der Waals surface area contributed by atoms with Crippen molar-refractivity contribution in [2.45, 2.75) is 65.5 Å². The lowest BCUT2D eigenvalue weighted by Gasteiger charge is -2.10. The zero-order valence-corrected chi connectivity index (χ0v) is 20.4. The number of tetrazole rings is 1. The van der Waals surface area contributed by atoms with Crippen LogP contribution < -0.4 is 5.69 Å². The van der Waals surface area contributed by atoms with Crippen molar-refractivity contribution in [2.24, 2.45) is 0 Å². The summed E-state index contributed by atoms with van der Waals surface area (Å²) >= 11 is 6.70. The predicted octanol–water partition coefficient (Wildman–Crippen LogP) is 5.13. The molecule has 3 heterocycles. The number of imidazole rings is 1.